The lowest BCUT2D eigenvalue weighted by Gasteiger charge is -2.12. The van der Waals surface area contributed by atoms with E-state index in [2.05, 4.69) is 4.74 Å². The van der Waals surface area contributed by atoms with Crippen LogP contribution in [-0.4, -0.2) is 71.8 Å². The fourth-order valence-electron chi connectivity index (χ4n) is 4.39. The Morgan fingerprint density at radius 2 is 1.47 bits per heavy atom. The first kappa shape index (κ1) is 38.6. The zero-order valence-corrected chi connectivity index (χ0v) is 28.3. The lowest BCUT2D eigenvalue weighted by molar-refractivity contribution is 0.111. The average Bonchev–Trinajstić information content (AvgIpc) is 3.30. The summed E-state index contributed by atoms with van der Waals surface area (Å²) >= 11 is 0. The number of aldehydes is 1. The highest BCUT2D eigenvalue weighted by Gasteiger charge is 2.20. The summed E-state index contributed by atoms with van der Waals surface area (Å²) in [6, 6.07) is 11.4. The number of benzene rings is 2. The van der Waals surface area contributed by atoms with Crippen molar-refractivity contribution in [2.24, 2.45) is 0 Å². The molecule has 3 rings (SSSR count). The Morgan fingerprint density at radius 3 is 1.98 bits per heavy atom. The number of aromatic nitrogens is 1. The number of nitrogens with two attached hydrogens (primary N) is 1. The van der Waals surface area contributed by atoms with Gasteiger partial charge in [0.05, 0.1) is 46.0 Å². The summed E-state index contributed by atoms with van der Waals surface area (Å²) in [6.07, 6.45) is 7.73. The highest BCUT2D eigenvalue weighted by molar-refractivity contribution is 5.89. The molecule has 0 aliphatic heterocycles. The third-order valence-electron chi connectivity index (χ3n) is 6.89. The largest absolute Gasteiger partial charge is 0.512 e. The molecule has 45 heavy (non-hydrogen) atoms. The van der Waals surface area contributed by atoms with Crippen molar-refractivity contribution in [2.75, 3.05) is 55.5 Å². The van der Waals surface area contributed by atoms with Gasteiger partial charge >= 0.3 is 0 Å². The van der Waals surface area contributed by atoms with Crippen molar-refractivity contribution in [1.29, 1.82) is 0 Å². The van der Waals surface area contributed by atoms with Gasteiger partial charge in [0.15, 0.2) is 29.3 Å². The molecule has 0 saturated heterocycles. The van der Waals surface area contributed by atoms with Gasteiger partial charge in [-0.15, -0.1) is 0 Å². The predicted octanol–water partition coefficient (Wildman–Crippen LogP) is 6.83. The van der Waals surface area contributed by atoms with Crippen LogP contribution in [0.4, 0.5) is 5.82 Å². The van der Waals surface area contributed by atoms with Crippen LogP contribution in [0.15, 0.2) is 60.4 Å². The second kappa shape index (κ2) is 20.5. The van der Waals surface area contributed by atoms with Crippen molar-refractivity contribution in [3.8, 4) is 34.1 Å². The zero-order chi connectivity index (χ0) is 33.9. The van der Waals surface area contributed by atoms with E-state index in [9.17, 15) is 4.79 Å². The number of aliphatic hydroxyl groups is 1. The molecule has 10 heteroatoms. The molecule has 0 bridgehead atoms. The van der Waals surface area contributed by atoms with Gasteiger partial charge in [-0.05, 0) is 74.2 Å². The molecular weight excluding hydrogens is 576 g/mol. The third kappa shape index (κ3) is 11.2. The maximum Gasteiger partial charge on any atom is 0.166 e. The standard InChI is InChI=1S/C24H28N2O5.C9H16O2.C2H6O/c1-15-18(14-27)26(11-10-16-6-8-19(28-2)21(12-16)30-4)24(25)23(15)17-7-9-20(29-3)22(13-17)31-5;1-4-9(10)7-5-6-8(2)11-3;1-3-2/h6-9,12-14H,10-11,25H2,1-5H3;4-6,8,10H,7H2,1-3H3;1-2H3/b;6-5-,9-4+;. The van der Waals surface area contributed by atoms with Crippen LogP contribution in [0.5, 0.6) is 23.0 Å². The number of aryl methyl sites for hydroxylation is 1. The Kier molecular flexibility index (Phi) is 17.6. The summed E-state index contributed by atoms with van der Waals surface area (Å²) in [5.74, 6) is 3.50. The molecule has 0 aliphatic rings. The van der Waals surface area contributed by atoms with Crippen molar-refractivity contribution in [3.63, 3.8) is 0 Å². The zero-order valence-electron chi connectivity index (χ0n) is 28.3. The van der Waals surface area contributed by atoms with Crippen LogP contribution in [0, 0.1) is 6.92 Å². The van der Waals surface area contributed by atoms with Gasteiger partial charge in [-0.2, -0.15) is 0 Å². The minimum absolute atomic E-state index is 0.125. The molecule has 1 aromatic heterocycles. The minimum Gasteiger partial charge on any atom is -0.512 e. The number of carbonyl (C=O) groups is 1. The van der Waals surface area contributed by atoms with Gasteiger partial charge in [-0.3, -0.25) is 4.79 Å². The van der Waals surface area contributed by atoms with Crippen LogP contribution in [0.2, 0.25) is 0 Å². The Balaban J connectivity index is 0.000000607. The van der Waals surface area contributed by atoms with Crippen LogP contribution >= 0.6 is 0 Å². The van der Waals surface area contributed by atoms with E-state index in [-0.39, 0.29) is 6.10 Å². The Bertz CT molecular complexity index is 1390. The molecule has 0 amide bonds. The van der Waals surface area contributed by atoms with Gasteiger partial charge in [-0.1, -0.05) is 24.3 Å². The van der Waals surface area contributed by atoms with E-state index in [1.807, 2.05) is 73.9 Å². The van der Waals surface area contributed by atoms with Crippen molar-refractivity contribution >= 4 is 12.1 Å². The monoisotopic (exact) mass is 626 g/mol. The van der Waals surface area contributed by atoms with E-state index in [1.54, 1.807) is 55.8 Å². The van der Waals surface area contributed by atoms with E-state index in [0.717, 1.165) is 28.5 Å². The fourth-order valence-corrected chi connectivity index (χ4v) is 4.39. The minimum atomic E-state index is 0.125. The van der Waals surface area contributed by atoms with E-state index >= 15 is 0 Å². The number of carbonyl (C=O) groups excluding carboxylic acids is 1. The van der Waals surface area contributed by atoms with Crippen LogP contribution in [0.25, 0.3) is 11.1 Å². The molecule has 2 aromatic carbocycles. The Labute approximate surface area is 268 Å². The van der Waals surface area contributed by atoms with Gasteiger partial charge in [0.25, 0.3) is 0 Å². The van der Waals surface area contributed by atoms with Gasteiger partial charge in [0.1, 0.15) is 5.82 Å². The second-order valence-electron chi connectivity index (χ2n) is 9.81. The van der Waals surface area contributed by atoms with E-state index in [1.165, 1.54) is 0 Å². The number of allylic oxidation sites excluding steroid dienone is 2. The normalized spacial score (nSPS) is 11.6. The van der Waals surface area contributed by atoms with E-state index in [4.69, 9.17) is 34.5 Å². The second-order valence-corrected chi connectivity index (χ2v) is 9.81. The molecule has 0 saturated carbocycles. The maximum atomic E-state index is 11.9. The quantitative estimate of drug-likeness (QED) is 0.119. The number of hydrogen-bond acceptors (Lipinski definition) is 9. The first-order valence-corrected chi connectivity index (χ1v) is 14.4. The molecule has 10 nitrogen and oxygen atoms in total. The van der Waals surface area contributed by atoms with Gasteiger partial charge in [0.2, 0.25) is 0 Å². The maximum absolute atomic E-state index is 11.9. The van der Waals surface area contributed by atoms with Gasteiger partial charge in [0, 0.05) is 39.9 Å². The molecule has 0 aliphatic carbocycles. The lowest BCUT2D eigenvalue weighted by Crippen LogP contribution is -2.09. The third-order valence-corrected chi connectivity index (χ3v) is 6.89. The van der Waals surface area contributed by atoms with E-state index in [0.29, 0.717) is 59.7 Å². The smallest absolute Gasteiger partial charge is 0.166 e. The number of nitrogen functional groups attached to an aromatic ring is 1. The number of methoxy groups -OCH3 is 6. The lowest BCUT2D eigenvalue weighted by atomic mass is 10.0. The molecule has 3 aromatic rings. The van der Waals surface area contributed by atoms with Crippen LogP contribution in [0.1, 0.15) is 41.9 Å². The van der Waals surface area contributed by atoms with Crippen molar-refractivity contribution in [3.05, 3.63) is 77.2 Å². The number of nitrogens with zero attached hydrogens (tertiary/aromatic N) is 1. The molecular formula is C35H50N2O8. The number of ether oxygens (including phenoxy) is 6. The average molecular weight is 627 g/mol. The summed E-state index contributed by atoms with van der Waals surface area (Å²) in [4.78, 5) is 11.9. The summed E-state index contributed by atoms with van der Waals surface area (Å²) in [6.45, 7) is 6.20. The predicted molar refractivity (Wildman–Crippen MR) is 180 cm³/mol. The van der Waals surface area contributed by atoms with Crippen molar-refractivity contribution in [2.45, 2.75) is 46.3 Å². The summed E-state index contributed by atoms with van der Waals surface area (Å²) in [5, 5.41) is 9.01. The highest BCUT2D eigenvalue weighted by Crippen LogP contribution is 2.39. The Morgan fingerprint density at radius 1 is 0.911 bits per heavy atom. The number of aliphatic hydroxyl groups excluding tert-OH is 1. The molecule has 0 spiro atoms. The fraction of sp³-hybridized carbons (Fsp3) is 0.400. The summed E-state index contributed by atoms with van der Waals surface area (Å²) in [5.41, 5.74) is 10.6. The van der Waals surface area contributed by atoms with Crippen molar-refractivity contribution in [1.82, 2.24) is 4.57 Å². The SMILES string of the molecule is C/C=C(/O)C/C=C\C(C)OC.COC.COc1ccc(CCn2c(N)c(-c3ccc(OC)c(OC)c3)c(C)c2C=O)cc1OC. The van der Waals surface area contributed by atoms with Crippen LogP contribution < -0.4 is 24.7 Å². The molecule has 1 heterocycles. The van der Waals surface area contributed by atoms with Crippen LogP contribution in [-0.2, 0) is 22.4 Å². The first-order valence-electron chi connectivity index (χ1n) is 14.4. The molecule has 1 atom stereocenters. The number of hydrogen-bond donors (Lipinski definition) is 2. The first-order chi connectivity index (χ1) is 21.6. The number of anilines is 1. The van der Waals surface area contributed by atoms with Gasteiger partial charge in [-0.25, -0.2) is 0 Å². The summed E-state index contributed by atoms with van der Waals surface area (Å²) in [7, 11) is 11.3. The van der Waals surface area contributed by atoms with Crippen LogP contribution in [0.3, 0.4) is 0 Å². The van der Waals surface area contributed by atoms with E-state index < -0.39 is 0 Å². The molecule has 0 radical (unpaired) electrons. The Hall–Kier alpha value is -4.41. The topological polar surface area (TPSA) is 124 Å². The summed E-state index contributed by atoms with van der Waals surface area (Å²) < 4.78 is 32.5. The highest BCUT2D eigenvalue weighted by atomic mass is 16.5. The number of rotatable bonds is 13. The van der Waals surface area contributed by atoms with Gasteiger partial charge < -0.3 is 43.8 Å². The molecule has 0 fully saturated rings. The molecule has 1 unspecified atom stereocenters. The van der Waals surface area contributed by atoms with Crippen molar-refractivity contribution < 1.29 is 38.3 Å². The molecule has 3 N–H and O–H groups in total. The molecule has 248 valence electrons.